The molecule has 1 N–H and O–H groups in total. The normalized spacial score (nSPS) is 12.1. The lowest BCUT2D eigenvalue weighted by Gasteiger charge is -2.10. The van der Waals surface area contributed by atoms with Crippen LogP contribution in [0.25, 0.3) is 0 Å². The standard InChI is InChI=1S/C12H12ClFO/c1-2-3-4-5-12(15)9-6-7-10(13)11(14)8-9/h1,6-8,12,15H,3-5H2. The van der Waals surface area contributed by atoms with Crippen LogP contribution in [0.2, 0.25) is 5.02 Å². The Hall–Kier alpha value is -1.04. The van der Waals surface area contributed by atoms with E-state index in [1.807, 2.05) is 0 Å². The highest BCUT2D eigenvalue weighted by molar-refractivity contribution is 6.30. The fourth-order valence-electron chi connectivity index (χ4n) is 1.28. The van der Waals surface area contributed by atoms with Crippen LogP contribution in [0, 0.1) is 18.2 Å². The molecule has 0 heterocycles. The average molecular weight is 227 g/mol. The molecule has 0 aromatic heterocycles. The van der Waals surface area contributed by atoms with E-state index in [2.05, 4.69) is 5.92 Å². The first kappa shape index (κ1) is 12.0. The maximum absolute atomic E-state index is 13.1. The van der Waals surface area contributed by atoms with Crippen LogP contribution in [0.5, 0.6) is 0 Å². The van der Waals surface area contributed by atoms with E-state index in [4.69, 9.17) is 18.0 Å². The van der Waals surface area contributed by atoms with Gasteiger partial charge in [-0.15, -0.1) is 12.3 Å². The summed E-state index contributed by atoms with van der Waals surface area (Å²) in [5.41, 5.74) is 0.536. The Balaban J connectivity index is 2.62. The number of benzene rings is 1. The minimum atomic E-state index is -0.676. The van der Waals surface area contributed by atoms with Crippen LogP contribution in [0.15, 0.2) is 18.2 Å². The van der Waals surface area contributed by atoms with Crippen molar-refractivity contribution in [2.24, 2.45) is 0 Å². The summed E-state index contributed by atoms with van der Waals surface area (Å²) in [7, 11) is 0. The molecule has 0 aliphatic carbocycles. The minimum absolute atomic E-state index is 0.0644. The monoisotopic (exact) mass is 226 g/mol. The highest BCUT2D eigenvalue weighted by Gasteiger charge is 2.09. The first-order valence-corrected chi connectivity index (χ1v) is 5.09. The number of aliphatic hydroxyl groups is 1. The molecule has 1 unspecified atom stereocenters. The fraction of sp³-hybridized carbons (Fsp3) is 0.333. The lowest BCUT2D eigenvalue weighted by Crippen LogP contribution is -1.98. The number of aliphatic hydroxyl groups excluding tert-OH is 1. The molecule has 0 radical (unpaired) electrons. The summed E-state index contributed by atoms with van der Waals surface area (Å²) < 4.78 is 13.1. The van der Waals surface area contributed by atoms with Crippen LogP contribution >= 0.6 is 11.6 Å². The second-order valence-corrected chi connectivity index (χ2v) is 3.69. The zero-order valence-corrected chi connectivity index (χ0v) is 8.97. The van der Waals surface area contributed by atoms with Crippen molar-refractivity contribution in [3.05, 3.63) is 34.6 Å². The molecule has 0 aliphatic heterocycles. The molecule has 0 saturated heterocycles. The van der Waals surface area contributed by atoms with Gasteiger partial charge in [0, 0.05) is 6.42 Å². The second kappa shape index (κ2) is 5.75. The number of rotatable bonds is 4. The molecule has 1 nitrogen and oxygen atoms in total. The number of hydrogen-bond acceptors (Lipinski definition) is 1. The molecule has 1 rings (SSSR count). The zero-order chi connectivity index (χ0) is 11.3. The van der Waals surface area contributed by atoms with Crippen LogP contribution in [-0.2, 0) is 0 Å². The molecule has 1 aromatic carbocycles. The van der Waals surface area contributed by atoms with Gasteiger partial charge in [0.1, 0.15) is 5.82 Å². The summed E-state index contributed by atoms with van der Waals surface area (Å²) in [5.74, 6) is 1.98. The molecule has 0 spiro atoms. The number of hydrogen-bond donors (Lipinski definition) is 1. The first-order chi connectivity index (χ1) is 7.15. The summed E-state index contributed by atoms with van der Waals surface area (Å²) >= 11 is 5.53. The molecule has 0 saturated carbocycles. The first-order valence-electron chi connectivity index (χ1n) is 4.71. The van der Waals surface area contributed by atoms with Crippen molar-refractivity contribution in [3.63, 3.8) is 0 Å². The van der Waals surface area contributed by atoms with Gasteiger partial charge in [-0.3, -0.25) is 0 Å². The van der Waals surface area contributed by atoms with E-state index in [-0.39, 0.29) is 5.02 Å². The van der Waals surface area contributed by atoms with Crippen molar-refractivity contribution in [2.45, 2.75) is 25.4 Å². The Morgan fingerprint density at radius 3 is 2.87 bits per heavy atom. The Morgan fingerprint density at radius 2 is 2.27 bits per heavy atom. The van der Waals surface area contributed by atoms with E-state index in [1.54, 1.807) is 6.07 Å². The van der Waals surface area contributed by atoms with Crippen LogP contribution in [0.3, 0.4) is 0 Å². The van der Waals surface area contributed by atoms with E-state index in [9.17, 15) is 9.50 Å². The molecule has 15 heavy (non-hydrogen) atoms. The van der Waals surface area contributed by atoms with Crippen molar-refractivity contribution in [1.82, 2.24) is 0 Å². The number of terminal acetylenes is 1. The van der Waals surface area contributed by atoms with E-state index >= 15 is 0 Å². The van der Waals surface area contributed by atoms with Crippen LogP contribution in [0.4, 0.5) is 4.39 Å². The van der Waals surface area contributed by atoms with E-state index in [0.717, 1.165) is 6.42 Å². The third kappa shape index (κ3) is 3.54. The smallest absolute Gasteiger partial charge is 0.142 e. The Morgan fingerprint density at radius 1 is 1.53 bits per heavy atom. The predicted molar refractivity (Wildman–Crippen MR) is 59.1 cm³/mol. The summed E-state index contributed by atoms with van der Waals surface area (Å²) in [6.45, 7) is 0. The van der Waals surface area contributed by atoms with E-state index in [0.29, 0.717) is 18.4 Å². The average Bonchev–Trinajstić information content (AvgIpc) is 2.22. The molecule has 0 amide bonds. The Kier molecular flexibility index (Phi) is 4.61. The maximum atomic E-state index is 13.1. The number of halogens is 2. The van der Waals surface area contributed by atoms with Gasteiger partial charge in [0.2, 0.25) is 0 Å². The van der Waals surface area contributed by atoms with Gasteiger partial charge < -0.3 is 5.11 Å². The molecule has 0 fully saturated rings. The van der Waals surface area contributed by atoms with Crippen molar-refractivity contribution < 1.29 is 9.50 Å². The molecule has 1 aromatic rings. The molecule has 0 bridgehead atoms. The van der Waals surface area contributed by atoms with Crippen LogP contribution in [0.1, 0.15) is 30.9 Å². The molecule has 80 valence electrons. The topological polar surface area (TPSA) is 20.2 Å². The van der Waals surface area contributed by atoms with Gasteiger partial charge in [-0.1, -0.05) is 17.7 Å². The lowest BCUT2D eigenvalue weighted by molar-refractivity contribution is 0.165. The van der Waals surface area contributed by atoms with Gasteiger partial charge in [0.05, 0.1) is 11.1 Å². The molecule has 3 heteroatoms. The highest BCUT2D eigenvalue weighted by Crippen LogP contribution is 2.23. The van der Waals surface area contributed by atoms with Gasteiger partial charge in [-0.25, -0.2) is 4.39 Å². The van der Waals surface area contributed by atoms with Crippen molar-refractivity contribution in [1.29, 1.82) is 0 Å². The Labute approximate surface area is 93.9 Å². The van der Waals surface area contributed by atoms with Gasteiger partial charge in [-0.2, -0.15) is 0 Å². The minimum Gasteiger partial charge on any atom is -0.388 e. The van der Waals surface area contributed by atoms with Crippen LogP contribution in [-0.4, -0.2) is 5.11 Å². The third-order valence-corrected chi connectivity index (χ3v) is 2.43. The molecular formula is C12H12ClFO. The van der Waals surface area contributed by atoms with E-state index < -0.39 is 11.9 Å². The largest absolute Gasteiger partial charge is 0.388 e. The SMILES string of the molecule is C#CCCCC(O)c1ccc(Cl)c(F)c1. The third-order valence-electron chi connectivity index (χ3n) is 2.13. The summed E-state index contributed by atoms with van der Waals surface area (Å²) in [6, 6.07) is 4.31. The summed E-state index contributed by atoms with van der Waals surface area (Å²) in [4.78, 5) is 0. The van der Waals surface area contributed by atoms with E-state index in [1.165, 1.54) is 12.1 Å². The van der Waals surface area contributed by atoms with Gasteiger partial charge >= 0.3 is 0 Å². The predicted octanol–water partition coefficient (Wildman–Crippen LogP) is 3.32. The fourth-order valence-corrected chi connectivity index (χ4v) is 1.40. The van der Waals surface area contributed by atoms with Crippen LogP contribution < -0.4 is 0 Å². The lowest BCUT2D eigenvalue weighted by atomic mass is 10.0. The summed E-state index contributed by atoms with van der Waals surface area (Å²) in [5, 5.41) is 9.75. The number of unbranched alkanes of at least 4 members (excludes halogenated alkanes) is 1. The highest BCUT2D eigenvalue weighted by atomic mass is 35.5. The quantitative estimate of drug-likeness (QED) is 0.617. The molecular weight excluding hydrogens is 215 g/mol. The second-order valence-electron chi connectivity index (χ2n) is 3.29. The van der Waals surface area contributed by atoms with Crippen molar-refractivity contribution in [3.8, 4) is 12.3 Å². The van der Waals surface area contributed by atoms with Gasteiger partial charge in [0.25, 0.3) is 0 Å². The maximum Gasteiger partial charge on any atom is 0.142 e. The van der Waals surface area contributed by atoms with Gasteiger partial charge in [0.15, 0.2) is 0 Å². The summed E-state index contributed by atoms with van der Waals surface area (Å²) in [6.07, 6.45) is 6.29. The molecule has 1 atom stereocenters. The molecule has 0 aliphatic rings. The Bertz CT molecular complexity index is 370. The zero-order valence-electron chi connectivity index (χ0n) is 8.21. The van der Waals surface area contributed by atoms with Gasteiger partial charge in [-0.05, 0) is 30.5 Å². The van der Waals surface area contributed by atoms with Crippen molar-refractivity contribution >= 4 is 11.6 Å². The van der Waals surface area contributed by atoms with Crippen molar-refractivity contribution in [2.75, 3.05) is 0 Å².